The Morgan fingerprint density at radius 3 is 2.66 bits per heavy atom. The average Bonchev–Trinajstić information content (AvgIpc) is 3.71. The van der Waals surface area contributed by atoms with E-state index in [4.69, 9.17) is 14.7 Å². The monoisotopic (exact) mass is 585 g/mol. The van der Waals surface area contributed by atoms with E-state index in [2.05, 4.69) is 27.3 Å². The molecule has 0 aliphatic carbocycles. The maximum absolute atomic E-state index is 13.6. The third-order valence-electron chi connectivity index (χ3n) is 7.43. The van der Waals surface area contributed by atoms with Gasteiger partial charge in [0.25, 0.3) is 10.0 Å². The maximum Gasteiger partial charge on any atom is 0.269 e. The van der Waals surface area contributed by atoms with Crippen LogP contribution in [0.1, 0.15) is 12.5 Å². The summed E-state index contributed by atoms with van der Waals surface area (Å²) in [4.78, 5) is 17.1. The first-order valence-corrected chi connectivity index (χ1v) is 15.5. The van der Waals surface area contributed by atoms with E-state index in [1.807, 2.05) is 32.4 Å². The number of aromatic nitrogens is 6. The summed E-state index contributed by atoms with van der Waals surface area (Å²) in [7, 11) is -1.96. The van der Waals surface area contributed by atoms with Crippen molar-refractivity contribution in [2.75, 3.05) is 24.7 Å². The Kier molecular flexibility index (Phi) is 6.14. The number of fused-ring (bicyclic) bond motifs is 2. The molecular weight excluding hydrogens is 558 g/mol. The average molecular weight is 586 g/mol. The van der Waals surface area contributed by atoms with Crippen molar-refractivity contribution in [3.63, 3.8) is 0 Å². The van der Waals surface area contributed by atoms with Crippen LogP contribution < -0.4 is 4.90 Å². The Morgan fingerprint density at radius 2 is 1.90 bits per heavy atom. The first kappa shape index (κ1) is 25.8. The van der Waals surface area contributed by atoms with E-state index in [0.717, 1.165) is 32.7 Å². The summed E-state index contributed by atoms with van der Waals surface area (Å²) >= 11 is 1.61. The van der Waals surface area contributed by atoms with E-state index in [-0.39, 0.29) is 10.9 Å². The number of hydrogen-bond donors (Lipinski definition) is 0. The number of pyridine rings is 1. The number of rotatable bonds is 5. The predicted molar refractivity (Wildman–Crippen MR) is 160 cm³/mol. The van der Waals surface area contributed by atoms with E-state index in [1.54, 1.807) is 58.7 Å². The van der Waals surface area contributed by atoms with Gasteiger partial charge in [0.2, 0.25) is 0 Å². The highest BCUT2D eigenvalue weighted by Gasteiger charge is 2.27. The second-order valence-electron chi connectivity index (χ2n) is 10.2. The lowest BCUT2D eigenvalue weighted by atomic mass is 10.1. The normalized spacial score (nSPS) is 16.2. The van der Waals surface area contributed by atoms with Gasteiger partial charge in [-0.15, -0.1) is 11.3 Å². The Morgan fingerprint density at radius 1 is 1.07 bits per heavy atom. The van der Waals surface area contributed by atoms with Crippen LogP contribution in [-0.2, 0) is 21.8 Å². The molecule has 0 unspecified atom stereocenters. The fourth-order valence-electron chi connectivity index (χ4n) is 5.25. The molecule has 41 heavy (non-hydrogen) atoms. The molecule has 6 aromatic rings. The predicted octanol–water partition coefficient (Wildman–Crippen LogP) is 4.88. The Labute approximate surface area is 240 Å². The number of nitrogens with zero attached hydrogens (tertiary/aromatic N) is 7. The van der Waals surface area contributed by atoms with Crippen LogP contribution in [0.5, 0.6) is 0 Å². The molecule has 12 heteroatoms. The summed E-state index contributed by atoms with van der Waals surface area (Å²) in [6, 6.07) is 10.5. The summed E-state index contributed by atoms with van der Waals surface area (Å²) in [5.41, 5.74) is 4.80. The molecule has 0 spiro atoms. The quantitative estimate of drug-likeness (QED) is 0.282. The van der Waals surface area contributed by atoms with E-state index < -0.39 is 10.0 Å². The van der Waals surface area contributed by atoms with Gasteiger partial charge >= 0.3 is 0 Å². The summed E-state index contributed by atoms with van der Waals surface area (Å²) < 4.78 is 36.9. The molecule has 1 aliphatic rings. The van der Waals surface area contributed by atoms with Crippen molar-refractivity contribution < 1.29 is 13.2 Å². The number of hydrogen-bond acceptors (Lipinski definition) is 9. The molecule has 0 saturated carbocycles. The molecule has 10 nitrogen and oxygen atoms in total. The third-order valence-corrected chi connectivity index (χ3v) is 10.1. The Hall–Kier alpha value is -4.13. The lowest BCUT2D eigenvalue weighted by Crippen LogP contribution is -2.44. The van der Waals surface area contributed by atoms with Crippen LogP contribution in [0.3, 0.4) is 0 Å². The number of ether oxygens (including phenoxy) is 1. The number of benzene rings is 1. The third kappa shape index (κ3) is 4.30. The second kappa shape index (κ2) is 9.75. The van der Waals surface area contributed by atoms with Crippen LogP contribution in [0, 0.1) is 6.92 Å². The molecule has 1 atom stereocenters. The molecule has 208 valence electrons. The molecule has 1 aliphatic heterocycles. The van der Waals surface area contributed by atoms with Crippen molar-refractivity contribution >= 4 is 48.4 Å². The first-order chi connectivity index (χ1) is 19.8. The molecule has 0 radical (unpaired) electrons. The van der Waals surface area contributed by atoms with E-state index in [0.29, 0.717) is 42.2 Å². The molecule has 0 amide bonds. The highest BCUT2D eigenvalue weighted by molar-refractivity contribution is 7.90. The highest BCUT2D eigenvalue weighted by atomic mass is 32.2. The SMILES string of the molecule is Cc1ccc(S(=O)(=O)n2ccc3c(-c4nc(N5CCOC[C@H]5C)c5scc(-c6cnn(C)c6)c5n4)ccnc32)cc1. The lowest BCUT2D eigenvalue weighted by Gasteiger charge is -2.34. The molecule has 1 saturated heterocycles. The number of aryl methyl sites for hydroxylation is 2. The van der Waals surface area contributed by atoms with E-state index in [9.17, 15) is 8.42 Å². The summed E-state index contributed by atoms with van der Waals surface area (Å²) in [6.45, 7) is 5.99. The van der Waals surface area contributed by atoms with Gasteiger partial charge in [0.05, 0.1) is 40.6 Å². The van der Waals surface area contributed by atoms with Gasteiger partial charge in [-0.3, -0.25) is 4.68 Å². The number of anilines is 1. The summed E-state index contributed by atoms with van der Waals surface area (Å²) in [5, 5.41) is 7.12. The highest BCUT2D eigenvalue weighted by Crippen LogP contribution is 2.40. The van der Waals surface area contributed by atoms with Crippen molar-refractivity contribution in [1.29, 1.82) is 0 Å². The molecule has 7 rings (SSSR count). The molecule has 6 heterocycles. The van der Waals surface area contributed by atoms with Crippen molar-refractivity contribution in [3.8, 4) is 22.5 Å². The van der Waals surface area contributed by atoms with Gasteiger partial charge in [0.15, 0.2) is 17.3 Å². The fourth-order valence-corrected chi connectivity index (χ4v) is 7.57. The topological polar surface area (TPSA) is 108 Å². The number of morpholine rings is 1. The minimum atomic E-state index is -3.85. The minimum absolute atomic E-state index is 0.136. The van der Waals surface area contributed by atoms with Crippen molar-refractivity contribution in [2.45, 2.75) is 24.8 Å². The fraction of sp³-hybridized carbons (Fsp3) is 0.241. The first-order valence-electron chi connectivity index (χ1n) is 13.2. The molecule has 5 aromatic heterocycles. The van der Waals surface area contributed by atoms with Gasteiger partial charge in [-0.05, 0) is 38.1 Å². The summed E-state index contributed by atoms with van der Waals surface area (Å²) in [6.07, 6.45) is 6.96. The molecule has 0 N–H and O–H groups in total. The van der Waals surface area contributed by atoms with Crippen LogP contribution in [-0.4, -0.2) is 62.9 Å². The van der Waals surface area contributed by atoms with Crippen molar-refractivity contribution in [2.24, 2.45) is 7.05 Å². The lowest BCUT2D eigenvalue weighted by molar-refractivity contribution is 0.0987. The van der Waals surface area contributed by atoms with Crippen molar-refractivity contribution in [1.82, 2.24) is 28.7 Å². The Balaban J connectivity index is 1.43. The second-order valence-corrected chi connectivity index (χ2v) is 12.9. The zero-order chi connectivity index (χ0) is 28.3. The van der Waals surface area contributed by atoms with Gasteiger partial charge in [-0.25, -0.2) is 27.3 Å². The van der Waals surface area contributed by atoms with Crippen molar-refractivity contribution in [3.05, 3.63) is 72.1 Å². The van der Waals surface area contributed by atoms with E-state index in [1.165, 1.54) is 3.97 Å². The smallest absolute Gasteiger partial charge is 0.269 e. The van der Waals surface area contributed by atoms with Gasteiger partial charge in [-0.2, -0.15) is 5.10 Å². The Bertz CT molecular complexity index is 2030. The van der Waals surface area contributed by atoms with E-state index >= 15 is 0 Å². The van der Waals surface area contributed by atoms with Gasteiger partial charge in [0, 0.05) is 59.6 Å². The largest absolute Gasteiger partial charge is 0.377 e. The maximum atomic E-state index is 13.6. The zero-order valence-corrected chi connectivity index (χ0v) is 24.4. The summed E-state index contributed by atoms with van der Waals surface area (Å²) in [5.74, 6) is 1.35. The van der Waals surface area contributed by atoms with Crippen LogP contribution in [0.15, 0.2) is 71.5 Å². The zero-order valence-electron chi connectivity index (χ0n) is 22.7. The van der Waals surface area contributed by atoms with Crippen LogP contribution in [0.2, 0.25) is 0 Å². The molecular formula is C29H27N7O3S2. The number of thiophene rings is 1. The molecule has 1 aromatic carbocycles. The molecule has 0 bridgehead atoms. The van der Waals surface area contributed by atoms with Gasteiger partial charge in [-0.1, -0.05) is 17.7 Å². The minimum Gasteiger partial charge on any atom is -0.377 e. The van der Waals surface area contributed by atoms with Crippen LogP contribution >= 0.6 is 11.3 Å². The molecule has 1 fully saturated rings. The standard InChI is InChI=1S/C29H27N7O3S2/c1-18-4-6-21(7-5-18)41(37,38)36-11-9-23-22(8-10-30-28(23)36)27-32-25-24(20-14-31-34(3)15-20)17-40-26(25)29(33-27)35-12-13-39-16-19(35)2/h4-11,14-15,17,19H,12-13,16H2,1-3H3/t19-/m1/s1. The van der Waals surface area contributed by atoms with Crippen LogP contribution in [0.25, 0.3) is 43.8 Å². The van der Waals surface area contributed by atoms with Gasteiger partial charge in [0.1, 0.15) is 0 Å². The van der Waals surface area contributed by atoms with Crippen LogP contribution in [0.4, 0.5) is 5.82 Å². The van der Waals surface area contributed by atoms with Gasteiger partial charge < -0.3 is 9.64 Å².